The van der Waals surface area contributed by atoms with E-state index in [9.17, 15) is 20.2 Å². The van der Waals surface area contributed by atoms with Crippen molar-refractivity contribution < 1.29 is 9.85 Å². The fourth-order valence-electron chi connectivity index (χ4n) is 3.24. The lowest BCUT2D eigenvalue weighted by atomic mass is 10.0. The minimum absolute atomic E-state index is 0.0467. The van der Waals surface area contributed by atoms with Crippen molar-refractivity contribution in [2.75, 3.05) is 23.3 Å². The number of rotatable bonds is 5. The molecule has 0 atom stereocenters. The molecule has 0 saturated carbocycles. The van der Waals surface area contributed by atoms with E-state index in [0.29, 0.717) is 5.69 Å². The van der Waals surface area contributed by atoms with E-state index in [1.165, 1.54) is 12.1 Å². The first-order valence-corrected chi connectivity index (χ1v) is 8.60. The second-order valence-electron chi connectivity index (χ2n) is 6.54. The van der Waals surface area contributed by atoms with E-state index in [4.69, 9.17) is 0 Å². The molecule has 1 aromatic heterocycles. The van der Waals surface area contributed by atoms with Crippen LogP contribution in [0.1, 0.15) is 24.4 Å². The predicted octanol–water partition coefficient (Wildman–Crippen LogP) is 2.99. The molecule has 142 valence electrons. The second kappa shape index (κ2) is 7.52. The van der Waals surface area contributed by atoms with Gasteiger partial charge in [-0.1, -0.05) is 0 Å². The lowest BCUT2D eigenvalue weighted by Gasteiger charge is -2.33. The number of nitrogens with zero attached hydrogens (tertiary/aromatic N) is 5. The van der Waals surface area contributed by atoms with Gasteiger partial charge in [-0.2, -0.15) is 0 Å². The average molecular weight is 372 g/mol. The lowest BCUT2D eigenvalue weighted by molar-refractivity contribution is -0.393. The van der Waals surface area contributed by atoms with Crippen LogP contribution in [0.25, 0.3) is 0 Å². The summed E-state index contributed by atoms with van der Waals surface area (Å²) in [6.45, 7) is 5.31. The number of hydrogen-bond acceptors (Lipinski definition) is 8. The third kappa shape index (κ3) is 4.27. The van der Waals surface area contributed by atoms with Crippen LogP contribution in [-0.4, -0.2) is 38.9 Å². The summed E-state index contributed by atoms with van der Waals surface area (Å²) >= 11 is 0. The number of nitro benzene ring substituents is 2. The molecule has 0 spiro atoms. The number of non-ortho nitro benzene ring substituents is 1. The van der Waals surface area contributed by atoms with Gasteiger partial charge in [0.05, 0.1) is 15.9 Å². The standard InChI is InChI=1S/C17H20N6O4/c1-11-9-17(19-12(2)18-11)21-7-5-13(6-8-21)20-15-4-3-14(22(24)25)10-16(15)23(26)27/h3-4,9-10,13,20H,5-8H2,1-2H3. The van der Waals surface area contributed by atoms with Gasteiger partial charge in [0, 0.05) is 37.0 Å². The van der Waals surface area contributed by atoms with Crippen LogP contribution in [0.3, 0.4) is 0 Å². The Morgan fingerprint density at radius 1 is 1.07 bits per heavy atom. The SMILES string of the molecule is Cc1cc(N2CCC(Nc3ccc([N+](=O)[O-])cc3[N+](=O)[O-])CC2)nc(C)n1. The molecule has 1 aromatic carbocycles. The monoisotopic (exact) mass is 372 g/mol. The summed E-state index contributed by atoms with van der Waals surface area (Å²) in [5.41, 5.74) is 0.641. The number of piperidine rings is 1. The van der Waals surface area contributed by atoms with Crippen molar-refractivity contribution in [2.24, 2.45) is 0 Å². The van der Waals surface area contributed by atoms with Crippen molar-refractivity contribution in [3.63, 3.8) is 0 Å². The molecular weight excluding hydrogens is 352 g/mol. The Kier molecular flexibility index (Phi) is 5.15. The average Bonchev–Trinajstić information content (AvgIpc) is 2.61. The summed E-state index contributed by atoms with van der Waals surface area (Å²) in [4.78, 5) is 31.8. The van der Waals surface area contributed by atoms with Crippen molar-refractivity contribution in [3.8, 4) is 0 Å². The number of aryl methyl sites for hydroxylation is 2. The second-order valence-corrected chi connectivity index (χ2v) is 6.54. The Labute approximate surface area is 155 Å². The van der Waals surface area contributed by atoms with Crippen LogP contribution in [-0.2, 0) is 0 Å². The van der Waals surface area contributed by atoms with E-state index in [-0.39, 0.29) is 17.4 Å². The van der Waals surface area contributed by atoms with Crippen LogP contribution in [0.5, 0.6) is 0 Å². The maximum absolute atomic E-state index is 11.3. The summed E-state index contributed by atoms with van der Waals surface area (Å²) in [5.74, 6) is 1.62. The van der Waals surface area contributed by atoms with Crippen LogP contribution < -0.4 is 10.2 Å². The third-order valence-corrected chi connectivity index (χ3v) is 4.52. The van der Waals surface area contributed by atoms with Crippen LogP contribution in [0.2, 0.25) is 0 Å². The quantitative estimate of drug-likeness (QED) is 0.627. The van der Waals surface area contributed by atoms with Gasteiger partial charge in [0.2, 0.25) is 0 Å². The maximum Gasteiger partial charge on any atom is 0.299 e. The molecule has 1 aliphatic heterocycles. The molecule has 0 aliphatic carbocycles. The van der Waals surface area contributed by atoms with Gasteiger partial charge < -0.3 is 10.2 Å². The van der Waals surface area contributed by atoms with E-state index in [1.807, 2.05) is 19.9 Å². The van der Waals surface area contributed by atoms with Crippen LogP contribution in [0, 0.1) is 34.1 Å². The van der Waals surface area contributed by atoms with Gasteiger partial charge in [0.25, 0.3) is 11.4 Å². The molecular formula is C17H20N6O4. The molecule has 27 heavy (non-hydrogen) atoms. The summed E-state index contributed by atoms with van der Waals surface area (Å²) in [5, 5.41) is 25.3. The molecule has 1 fully saturated rings. The molecule has 0 bridgehead atoms. The van der Waals surface area contributed by atoms with Crippen molar-refractivity contribution in [1.82, 2.24) is 9.97 Å². The molecule has 0 radical (unpaired) electrons. The van der Waals surface area contributed by atoms with Gasteiger partial charge in [-0.15, -0.1) is 0 Å². The first-order valence-electron chi connectivity index (χ1n) is 8.60. The molecule has 2 aromatic rings. The van der Waals surface area contributed by atoms with E-state index in [2.05, 4.69) is 20.2 Å². The smallest absolute Gasteiger partial charge is 0.299 e. The zero-order valence-electron chi connectivity index (χ0n) is 15.1. The number of nitro groups is 2. The summed E-state index contributed by atoms with van der Waals surface area (Å²) in [7, 11) is 0. The predicted molar refractivity (Wildman–Crippen MR) is 100 cm³/mol. The summed E-state index contributed by atoms with van der Waals surface area (Å²) in [6, 6.07) is 5.66. The largest absolute Gasteiger partial charge is 0.377 e. The number of anilines is 2. The number of benzene rings is 1. The topological polar surface area (TPSA) is 127 Å². The van der Waals surface area contributed by atoms with Gasteiger partial charge in [0.1, 0.15) is 17.3 Å². The van der Waals surface area contributed by atoms with Crippen molar-refractivity contribution >= 4 is 22.9 Å². The minimum Gasteiger partial charge on any atom is -0.377 e. The summed E-state index contributed by atoms with van der Waals surface area (Å²) < 4.78 is 0. The van der Waals surface area contributed by atoms with Crippen molar-refractivity contribution in [2.45, 2.75) is 32.7 Å². The van der Waals surface area contributed by atoms with Gasteiger partial charge in [-0.3, -0.25) is 20.2 Å². The third-order valence-electron chi connectivity index (χ3n) is 4.52. The Balaban J connectivity index is 1.69. The molecule has 2 heterocycles. The maximum atomic E-state index is 11.3. The Morgan fingerprint density at radius 3 is 2.37 bits per heavy atom. The minimum atomic E-state index is -0.638. The molecule has 10 heteroatoms. The highest BCUT2D eigenvalue weighted by Gasteiger charge is 2.25. The molecule has 10 nitrogen and oxygen atoms in total. The van der Waals surface area contributed by atoms with Crippen LogP contribution >= 0.6 is 0 Å². The van der Waals surface area contributed by atoms with Gasteiger partial charge in [-0.25, -0.2) is 9.97 Å². The summed E-state index contributed by atoms with van der Waals surface area (Å²) in [6.07, 6.45) is 1.55. The van der Waals surface area contributed by atoms with Crippen LogP contribution in [0.15, 0.2) is 24.3 Å². The molecule has 0 amide bonds. The highest BCUT2D eigenvalue weighted by Crippen LogP contribution is 2.31. The van der Waals surface area contributed by atoms with E-state index >= 15 is 0 Å². The van der Waals surface area contributed by atoms with Gasteiger partial charge in [-0.05, 0) is 32.8 Å². The fourth-order valence-corrected chi connectivity index (χ4v) is 3.24. The molecule has 0 unspecified atom stereocenters. The number of nitrogens with one attached hydrogen (secondary N) is 1. The molecule has 1 saturated heterocycles. The Hall–Kier alpha value is -3.30. The van der Waals surface area contributed by atoms with E-state index in [1.54, 1.807) is 0 Å². The van der Waals surface area contributed by atoms with E-state index in [0.717, 1.165) is 49.3 Å². The first kappa shape index (κ1) is 18.5. The number of aromatic nitrogens is 2. The van der Waals surface area contributed by atoms with Crippen molar-refractivity contribution in [3.05, 3.63) is 56.0 Å². The van der Waals surface area contributed by atoms with Gasteiger partial charge in [0.15, 0.2) is 0 Å². The lowest BCUT2D eigenvalue weighted by Crippen LogP contribution is -2.39. The van der Waals surface area contributed by atoms with E-state index < -0.39 is 9.85 Å². The Morgan fingerprint density at radius 2 is 1.78 bits per heavy atom. The van der Waals surface area contributed by atoms with Gasteiger partial charge >= 0.3 is 0 Å². The number of hydrogen-bond donors (Lipinski definition) is 1. The normalized spacial score (nSPS) is 14.8. The van der Waals surface area contributed by atoms with Crippen LogP contribution in [0.4, 0.5) is 22.9 Å². The highest BCUT2D eigenvalue weighted by atomic mass is 16.6. The molecule has 3 rings (SSSR count). The fraction of sp³-hybridized carbons (Fsp3) is 0.412. The Bertz CT molecular complexity index is 859. The zero-order valence-corrected chi connectivity index (χ0v) is 15.1. The highest BCUT2D eigenvalue weighted by molar-refractivity contribution is 5.65. The first-order chi connectivity index (χ1) is 12.8. The zero-order chi connectivity index (χ0) is 19.6. The molecule has 1 aliphatic rings. The van der Waals surface area contributed by atoms with Crippen molar-refractivity contribution in [1.29, 1.82) is 0 Å². The molecule has 1 N–H and O–H groups in total.